The highest BCUT2D eigenvalue weighted by Gasteiger charge is 2.27. The van der Waals surface area contributed by atoms with Crippen molar-refractivity contribution in [3.8, 4) is 0 Å². The Hall–Kier alpha value is -2.89. The van der Waals surface area contributed by atoms with Crippen molar-refractivity contribution in [1.29, 1.82) is 0 Å². The van der Waals surface area contributed by atoms with Crippen LogP contribution in [0, 0.1) is 12.7 Å². The third kappa shape index (κ3) is 5.09. The summed E-state index contributed by atoms with van der Waals surface area (Å²) in [7, 11) is 0. The highest BCUT2D eigenvalue weighted by molar-refractivity contribution is 6.02. The molecule has 0 saturated carbocycles. The molecule has 0 spiro atoms. The number of benzene rings is 2. The molecule has 0 saturated heterocycles. The van der Waals surface area contributed by atoms with Crippen molar-refractivity contribution in [2.24, 2.45) is 5.16 Å². The number of amides is 2. The average molecular weight is 383 g/mol. The summed E-state index contributed by atoms with van der Waals surface area (Å²) in [6, 6.07) is 14.1. The number of oxime groups is 1. The van der Waals surface area contributed by atoms with Crippen molar-refractivity contribution in [2.45, 2.75) is 45.9 Å². The van der Waals surface area contributed by atoms with Gasteiger partial charge in [-0.15, -0.1) is 0 Å². The number of rotatable bonds is 6. The van der Waals surface area contributed by atoms with E-state index in [2.05, 4.69) is 10.5 Å². The summed E-state index contributed by atoms with van der Waals surface area (Å²) < 4.78 is 13.2. The first-order chi connectivity index (χ1) is 13.4. The van der Waals surface area contributed by atoms with Gasteiger partial charge in [-0.3, -0.25) is 0 Å². The van der Waals surface area contributed by atoms with Gasteiger partial charge in [-0.2, -0.15) is 0 Å². The van der Waals surface area contributed by atoms with E-state index < -0.39 is 0 Å². The normalized spacial score (nSPS) is 15.9. The Balaban J connectivity index is 1.68. The zero-order valence-corrected chi connectivity index (χ0v) is 16.5. The Labute approximate surface area is 165 Å². The number of carbonyl (C=O) groups excluding carboxylic acids is 1. The first-order valence-corrected chi connectivity index (χ1v) is 9.51. The molecule has 1 heterocycles. The minimum Gasteiger partial charge on any atom is -0.390 e. The third-order valence-corrected chi connectivity index (χ3v) is 4.60. The molecule has 0 fully saturated rings. The second-order valence-corrected chi connectivity index (χ2v) is 7.40. The second kappa shape index (κ2) is 8.87. The molecule has 148 valence electrons. The number of nitrogens with one attached hydrogen (secondary N) is 1. The Bertz CT molecular complexity index is 849. The van der Waals surface area contributed by atoms with Gasteiger partial charge in [0.15, 0.2) is 6.10 Å². The molecular formula is C22H26FN3O2. The molecule has 1 atom stereocenters. The first kappa shape index (κ1) is 19.9. The van der Waals surface area contributed by atoms with Crippen LogP contribution >= 0.6 is 0 Å². The molecule has 3 rings (SSSR count). The van der Waals surface area contributed by atoms with Crippen LogP contribution in [0.3, 0.4) is 0 Å². The molecule has 0 radical (unpaired) electrons. The van der Waals surface area contributed by atoms with Gasteiger partial charge in [0.2, 0.25) is 0 Å². The van der Waals surface area contributed by atoms with E-state index in [0.717, 1.165) is 22.4 Å². The third-order valence-electron chi connectivity index (χ3n) is 4.60. The molecule has 2 aromatic carbocycles. The molecule has 5 nitrogen and oxygen atoms in total. The monoisotopic (exact) mass is 383 g/mol. The van der Waals surface area contributed by atoms with E-state index in [-0.39, 0.29) is 24.0 Å². The Kier molecular flexibility index (Phi) is 6.29. The molecule has 0 aromatic heterocycles. The van der Waals surface area contributed by atoms with Crippen molar-refractivity contribution in [3.63, 3.8) is 0 Å². The summed E-state index contributed by atoms with van der Waals surface area (Å²) in [5.74, 6) is -0.294. The van der Waals surface area contributed by atoms with Crippen LogP contribution in [0.25, 0.3) is 0 Å². The maximum atomic E-state index is 13.2. The van der Waals surface area contributed by atoms with Crippen molar-refractivity contribution >= 4 is 11.7 Å². The molecule has 28 heavy (non-hydrogen) atoms. The molecule has 2 aromatic rings. The maximum absolute atomic E-state index is 13.2. The predicted octanol–water partition coefficient (Wildman–Crippen LogP) is 4.25. The van der Waals surface area contributed by atoms with E-state index in [1.54, 1.807) is 17.0 Å². The molecule has 0 aliphatic carbocycles. The number of urea groups is 1. The largest absolute Gasteiger partial charge is 0.390 e. The van der Waals surface area contributed by atoms with Crippen molar-refractivity contribution < 1.29 is 14.0 Å². The standard InChI is InChI=1S/C22H26FN3O2/c1-15(2)24-22(27)26(13-17-8-10-18(23)11-9-17)14-19-12-21(25-28-19)20-7-5-4-6-16(20)3/h4-11,15,19H,12-14H2,1-3H3,(H,24,27). The van der Waals surface area contributed by atoms with E-state index >= 15 is 0 Å². The van der Waals surface area contributed by atoms with Gasteiger partial charge in [-0.25, -0.2) is 9.18 Å². The molecule has 2 amide bonds. The number of halogens is 1. The zero-order chi connectivity index (χ0) is 20.1. The van der Waals surface area contributed by atoms with Crippen LogP contribution in [0.2, 0.25) is 0 Å². The first-order valence-electron chi connectivity index (χ1n) is 9.51. The topological polar surface area (TPSA) is 53.9 Å². The minimum atomic E-state index is -0.294. The van der Waals surface area contributed by atoms with Crippen molar-refractivity contribution in [3.05, 3.63) is 71.0 Å². The summed E-state index contributed by atoms with van der Waals surface area (Å²) >= 11 is 0. The van der Waals surface area contributed by atoms with Gasteiger partial charge in [-0.05, 0) is 44.0 Å². The summed E-state index contributed by atoms with van der Waals surface area (Å²) in [5.41, 5.74) is 3.97. The lowest BCUT2D eigenvalue weighted by atomic mass is 10.0. The minimum absolute atomic E-state index is 0.0199. The van der Waals surface area contributed by atoms with Gasteiger partial charge in [0.25, 0.3) is 0 Å². The summed E-state index contributed by atoms with van der Waals surface area (Å²) in [6.07, 6.45) is 0.424. The molecule has 1 unspecified atom stereocenters. The molecular weight excluding hydrogens is 357 g/mol. The van der Waals surface area contributed by atoms with E-state index in [1.807, 2.05) is 45.0 Å². The lowest BCUT2D eigenvalue weighted by Gasteiger charge is -2.26. The van der Waals surface area contributed by atoms with Gasteiger partial charge in [0.1, 0.15) is 5.82 Å². The molecule has 1 N–H and O–H groups in total. The highest BCUT2D eigenvalue weighted by Crippen LogP contribution is 2.21. The van der Waals surface area contributed by atoms with Crippen LogP contribution < -0.4 is 5.32 Å². The predicted molar refractivity (Wildman–Crippen MR) is 108 cm³/mol. The van der Waals surface area contributed by atoms with Crippen molar-refractivity contribution in [1.82, 2.24) is 10.2 Å². The van der Waals surface area contributed by atoms with Crippen LogP contribution in [-0.4, -0.2) is 35.3 Å². The van der Waals surface area contributed by atoms with Gasteiger partial charge in [0, 0.05) is 24.6 Å². The van der Waals surface area contributed by atoms with Crippen LogP contribution in [0.4, 0.5) is 9.18 Å². The van der Waals surface area contributed by atoms with Crippen molar-refractivity contribution in [2.75, 3.05) is 6.54 Å². The second-order valence-electron chi connectivity index (χ2n) is 7.40. The molecule has 1 aliphatic heterocycles. The number of hydrogen-bond acceptors (Lipinski definition) is 3. The van der Waals surface area contributed by atoms with Crippen LogP contribution in [0.5, 0.6) is 0 Å². The summed E-state index contributed by atoms with van der Waals surface area (Å²) in [4.78, 5) is 20.0. The number of carbonyl (C=O) groups is 1. The fraction of sp³-hybridized carbons (Fsp3) is 0.364. The average Bonchev–Trinajstić information content (AvgIpc) is 3.11. The lowest BCUT2D eigenvalue weighted by molar-refractivity contribution is 0.0586. The van der Waals surface area contributed by atoms with Crippen LogP contribution in [0.15, 0.2) is 53.7 Å². The summed E-state index contributed by atoms with van der Waals surface area (Å²) in [5, 5.41) is 7.17. The van der Waals surface area contributed by atoms with Gasteiger partial charge >= 0.3 is 6.03 Å². The van der Waals surface area contributed by atoms with Crippen LogP contribution in [-0.2, 0) is 11.4 Å². The fourth-order valence-corrected chi connectivity index (χ4v) is 3.20. The smallest absolute Gasteiger partial charge is 0.318 e. The fourth-order valence-electron chi connectivity index (χ4n) is 3.20. The van der Waals surface area contributed by atoms with E-state index in [0.29, 0.717) is 19.5 Å². The number of nitrogens with zero attached hydrogens (tertiary/aromatic N) is 2. The SMILES string of the molecule is Cc1ccccc1C1=NOC(CN(Cc2ccc(F)cc2)C(=O)NC(C)C)C1. The van der Waals surface area contributed by atoms with E-state index in [1.165, 1.54) is 12.1 Å². The Morgan fingerprint density at radius 2 is 1.96 bits per heavy atom. The van der Waals surface area contributed by atoms with E-state index in [4.69, 9.17) is 4.84 Å². The number of hydrogen-bond donors (Lipinski definition) is 1. The van der Waals surface area contributed by atoms with Gasteiger partial charge in [-0.1, -0.05) is 41.6 Å². The Morgan fingerprint density at radius 1 is 1.25 bits per heavy atom. The quantitative estimate of drug-likeness (QED) is 0.811. The summed E-state index contributed by atoms with van der Waals surface area (Å²) in [6.45, 7) is 6.65. The highest BCUT2D eigenvalue weighted by atomic mass is 19.1. The zero-order valence-electron chi connectivity index (χ0n) is 16.5. The molecule has 1 aliphatic rings. The Morgan fingerprint density at radius 3 is 2.64 bits per heavy atom. The molecule has 6 heteroatoms. The van der Waals surface area contributed by atoms with Crippen LogP contribution in [0.1, 0.15) is 37.0 Å². The number of aryl methyl sites for hydroxylation is 1. The van der Waals surface area contributed by atoms with Gasteiger partial charge in [0.05, 0.1) is 12.3 Å². The van der Waals surface area contributed by atoms with E-state index in [9.17, 15) is 9.18 Å². The van der Waals surface area contributed by atoms with Gasteiger partial charge < -0.3 is 15.1 Å². The lowest BCUT2D eigenvalue weighted by Crippen LogP contribution is -2.45. The molecule has 0 bridgehead atoms. The maximum Gasteiger partial charge on any atom is 0.318 e.